The first-order valence-corrected chi connectivity index (χ1v) is 6.36. The largest absolute Gasteiger partial charge is 0.381 e. The monoisotopic (exact) mass is 250 g/mol. The molecule has 3 rings (SSSR count). The van der Waals surface area contributed by atoms with Crippen LogP contribution >= 0.6 is 11.6 Å². The molecule has 1 fully saturated rings. The third-order valence-electron chi connectivity index (χ3n) is 3.42. The van der Waals surface area contributed by atoms with Crippen molar-refractivity contribution < 1.29 is 4.74 Å². The van der Waals surface area contributed by atoms with Gasteiger partial charge < -0.3 is 4.74 Å². The van der Waals surface area contributed by atoms with Crippen LogP contribution in [-0.2, 0) is 4.74 Å². The summed E-state index contributed by atoms with van der Waals surface area (Å²) in [5, 5.41) is 0.607. The summed E-state index contributed by atoms with van der Waals surface area (Å²) in [6.07, 6.45) is 2.06. The number of rotatable bonds is 1. The molecule has 90 valence electrons. The highest BCUT2D eigenvalue weighted by molar-refractivity contribution is 6.32. The number of pyridine rings is 1. The van der Waals surface area contributed by atoms with E-state index in [1.807, 2.05) is 12.1 Å². The lowest BCUT2D eigenvalue weighted by molar-refractivity contribution is 0.0834. The molecule has 3 heterocycles. The number of imidazole rings is 1. The molecule has 17 heavy (non-hydrogen) atoms. The summed E-state index contributed by atoms with van der Waals surface area (Å²) in [7, 11) is 0. The standard InChI is InChI=1S/C13H15ClN2O/c1-9-3-2-4-11-12(14)15-13(16(9)11)10-5-7-17-8-6-10/h2-4,10H,5-8H2,1H3. The number of aryl methyl sites for hydroxylation is 1. The molecule has 1 saturated heterocycles. The van der Waals surface area contributed by atoms with Gasteiger partial charge in [0.05, 0.1) is 5.52 Å². The maximum atomic E-state index is 6.21. The molecule has 4 heteroatoms. The molecule has 0 N–H and O–H groups in total. The van der Waals surface area contributed by atoms with E-state index in [-0.39, 0.29) is 0 Å². The number of hydrogen-bond donors (Lipinski definition) is 0. The van der Waals surface area contributed by atoms with Gasteiger partial charge in [0, 0.05) is 24.8 Å². The molecule has 0 radical (unpaired) electrons. The minimum atomic E-state index is 0.463. The van der Waals surface area contributed by atoms with Gasteiger partial charge in [-0.1, -0.05) is 17.7 Å². The van der Waals surface area contributed by atoms with Gasteiger partial charge in [0.2, 0.25) is 0 Å². The van der Waals surface area contributed by atoms with E-state index < -0.39 is 0 Å². The van der Waals surface area contributed by atoms with Crippen molar-refractivity contribution in [2.24, 2.45) is 0 Å². The van der Waals surface area contributed by atoms with Crippen molar-refractivity contribution in [1.29, 1.82) is 0 Å². The first kappa shape index (κ1) is 11.1. The second-order valence-electron chi connectivity index (χ2n) is 4.54. The lowest BCUT2D eigenvalue weighted by Crippen LogP contribution is -2.16. The Morgan fingerprint density at radius 1 is 1.35 bits per heavy atom. The van der Waals surface area contributed by atoms with E-state index in [0.29, 0.717) is 11.1 Å². The molecule has 0 unspecified atom stereocenters. The Hall–Kier alpha value is -1.06. The first-order chi connectivity index (χ1) is 8.27. The van der Waals surface area contributed by atoms with Gasteiger partial charge in [0.15, 0.2) is 5.15 Å². The second kappa shape index (κ2) is 4.31. The molecule has 0 bridgehead atoms. The summed E-state index contributed by atoms with van der Waals surface area (Å²) in [5.41, 5.74) is 2.19. The van der Waals surface area contributed by atoms with E-state index in [4.69, 9.17) is 16.3 Å². The number of fused-ring (bicyclic) bond motifs is 1. The molecule has 1 aliphatic heterocycles. The number of halogens is 1. The Kier molecular flexibility index (Phi) is 2.81. The zero-order chi connectivity index (χ0) is 11.8. The Balaban J connectivity index is 2.15. The quantitative estimate of drug-likeness (QED) is 0.777. The van der Waals surface area contributed by atoms with Crippen LogP contribution in [0.1, 0.15) is 30.3 Å². The molecule has 0 amide bonds. The average molecular weight is 251 g/mol. The van der Waals surface area contributed by atoms with Crippen LogP contribution in [0.3, 0.4) is 0 Å². The van der Waals surface area contributed by atoms with Crippen LogP contribution in [-0.4, -0.2) is 22.6 Å². The molecule has 0 aliphatic carbocycles. The molecule has 3 nitrogen and oxygen atoms in total. The van der Waals surface area contributed by atoms with Gasteiger partial charge in [-0.25, -0.2) is 4.98 Å². The van der Waals surface area contributed by atoms with Crippen molar-refractivity contribution in [3.63, 3.8) is 0 Å². The third kappa shape index (κ3) is 1.83. The van der Waals surface area contributed by atoms with Crippen LogP contribution in [0.15, 0.2) is 18.2 Å². The van der Waals surface area contributed by atoms with Gasteiger partial charge in [-0.15, -0.1) is 0 Å². The van der Waals surface area contributed by atoms with Gasteiger partial charge in [-0.05, 0) is 31.9 Å². The Bertz CT molecular complexity index is 544. The second-order valence-corrected chi connectivity index (χ2v) is 4.89. The maximum Gasteiger partial charge on any atom is 0.155 e. The fourth-order valence-electron chi connectivity index (χ4n) is 2.52. The number of aromatic nitrogens is 2. The zero-order valence-corrected chi connectivity index (χ0v) is 10.6. The number of nitrogens with zero attached hydrogens (tertiary/aromatic N) is 2. The molecule has 2 aromatic heterocycles. The minimum Gasteiger partial charge on any atom is -0.381 e. The number of hydrogen-bond acceptors (Lipinski definition) is 2. The van der Waals surface area contributed by atoms with E-state index in [1.165, 1.54) is 5.69 Å². The SMILES string of the molecule is Cc1cccc2c(Cl)nc(C3CCOCC3)n12. The van der Waals surface area contributed by atoms with Crippen LogP contribution < -0.4 is 0 Å². The van der Waals surface area contributed by atoms with Crippen LogP contribution in [0.2, 0.25) is 5.15 Å². The molecular weight excluding hydrogens is 236 g/mol. The molecule has 0 aromatic carbocycles. The summed E-state index contributed by atoms with van der Waals surface area (Å²) in [6, 6.07) is 6.13. The molecule has 1 aliphatic rings. The molecule has 0 saturated carbocycles. The third-order valence-corrected chi connectivity index (χ3v) is 3.70. The topological polar surface area (TPSA) is 26.5 Å². The maximum absolute atomic E-state index is 6.21. The lowest BCUT2D eigenvalue weighted by Gasteiger charge is -2.21. The fourth-order valence-corrected chi connectivity index (χ4v) is 2.75. The summed E-state index contributed by atoms with van der Waals surface area (Å²) < 4.78 is 7.58. The molecule has 0 spiro atoms. The van der Waals surface area contributed by atoms with Crippen molar-refractivity contribution in [2.75, 3.05) is 13.2 Å². The van der Waals surface area contributed by atoms with Crippen molar-refractivity contribution in [3.05, 3.63) is 34.9 Å². The van der Waals surface area contributed by atoms with Crippen molar-refractivity contribution >= 4 is 17.1 Å². The van der Waals surface area contributed by atoms with Crippen molar-refractivity contribution in [2.45, 2.75) is 25.7 Å². The van der Waals surface area contributed by atoms with Crippen molar-refractivity contribution in [1.82, 2.24) is 9.38 Å². The Morgan fingerprint density at radius 2 is 2.12 bits per heavy atom. The lowest BCUT2D eigenvalue weighted by atomic mass is 9.99. The smallest absolute Gasteiger partial charge is 0.155 e. The Labute approximate surface area is 105 Å². The predicted molar refractivity (Wildman–Crippen MR) is 67.7 cm³/mol. The summed E-state index contributed by atoms with van der Waals surface area (Å²) in [5.74, 6) is 1.55. The fraction of sp³-hybridized carbons (Fsp3) is 0.462. The van der Waals surface area contributed by atoms with Gasteiger partial charge >= 0.3 is 0 Å². The van der Waals surface area contributed by atoms with Gasteiger partial charge in [0.1, 0.15) is 5.82 Å². The van der Waals surface area contributed by atoms with Crippen LogP contribution in [0, 0.1) is 6.92 Å². The molecular formula is C13H15ClN2O. The van der Waals surface area contributed by atoms with E-state index in [2.05, 4.69) is 22.4 Å². The molecule has 2 aromatic rings. The van der Waals surface area contributed by atoms with E-state index in [1.54, 1.807) is 0 Å². The highest BCUT2D eigenvalue weighted by atomic mass is 35.5. The average Bonchev–Trinajstić information content (AvgIpc) is 2.70. The zero-order valence-electron chi connectivity index (χ0n) is 9.82. The van der Waals surface area contributed by atoms with Crippen LogP contribution in [0.4, 0.5) is 0 Å². The van der Waals surface area contributed by atoms with E-state index in [0.717, 1.165) is 37.4 Å². The van der Waals surface area contributed by atoms with E-state index >= 15 is 0 Å². The normalized spacial score (nSPS) is 17.8. The van der Waals surface area contributed by atoms with Gasteiger partial charge in [-0.2, -0.15) is 0 Å². The van der Waals surface area contributed by atoms with Crippen LogP contribution in [0.25, 0.3) is 5.52 Å². The summed E-state index contributed by atoms with van der Waals surface area (Å²) in [6.45, 7) is 3.74. The van der Waals surface area contributed by atoms with Gasteiger partial charge in [0.25, 0.3) is 0 Å². The van der Waals surface area contributed by atoms with Crippen LogP contribution in [0.5, 0.6) is 0 Å². The molecule has 0 atom stereocenters. The minimum absolute atomic E-state index is 0.463. The highest BCUT2D eigenvalue weighted by Crippen LogP contribution is 2.30. The van der Waals surface area contributed by atoms with E-state index in [9.17, 15) is 0 Å². The predicted octanol–water partition coefficient (Wildman–Crippen LogP) is 3.19. The van der Waals surface area contributed by atoms with Gasteiger partial charge in [-0.3, -0.25) is 4.40 Å². The first-order valence-electron chi connectivity index (χ1n) is 5.98. The van der Waals surface area contributed by atoms with Crippen molar-refractivity contribution in [3.8, 4) is 0 Å². The summed E-state index contributed by atoms with van der Waals surface area (Å²) >= 11 is 6.21. The number of ether oxygens (including phenoxy) is 1. The Morgan fingerprint density at radius 3 is 2.88 bits per heavy atom. The highest BCUT2D eigenvalue weighted by Gasteiger charge is 2.22. The summed E-state index contributed by atoms with van der Waals surface area (Å²) in [4.78, 5) is 4.55.